The van der Waals surface area contributed by atoms with Crippen LogP contribution in [0.5, 0.6) is 5.75 Å². The van der Waals surface area contributed by atoms with Crippen LogP contribution in [-0.4, -0.2) is 24.8 Å². The van der Waals surface area contributed by atoms with Gasteiger partial charge in [-0.25, -0.2) is 4.98 Å². The molecule has 6 aromatic rings. The summed E-state index contributed by atoms with van der Waals surface area (Å²) in [7, 11) is 0. The largest absolute Gasteiger partial charge is 0.486 e. The molecule has 0 amide bonds. The minimum atomic E-state index is 0.253. The monoisotopic (exact) mass is 489 g/mol. The molecule has 0 saturated carbocycles. The third kappa shape index (κ3) is 3.86. The van der Waals surface area contributed by atoms with Crippen molar-refractivity contribution in [3.05, 3.63) is 82.5 Å². The predicted octanol–water partition coefficient (Wildman–Crippen LogP) is 6.67. The van der Waals surface area contributed by atoms with E-state index in [9.17, 15) is 0 Å². The maximum Gasteiger partial charge on any atom is 0.235 e. The van der Waals surface area contributed by atoms with Crippen molar-refractivity contribution in [3.8, 4) is 26.9 Å². The van der Waals surface area contributed by atoms with Gasteiger partial charge in [-0.15, -0.1) is 21.5 Å². The van der Waals surface area contributed by atoms with Gasteiger partial charge in [0.2, 0.25) is 4.96 Å². The van der Waals surface area contributed by atoms with E-state index in [2.05, 4.69) is 52.8 Å². The molecule has 0 bridgehead atoms. The molecule has 6 rings (SSSR count). The summed E-state index contributed by atoms with van der Waals surface area (Å²) in [5.74, 6) is 1.35. The Balaban J connectivity index is 1.42. The van der Waals surface area contributed by atoms with Crippen molar-refractivity contribution in [2.24, 2.45) is 0 Å². The van der Waals surface area contributed by atoms with E-state index in [0.29, 0.717) is 16.6 Å². The van der Waals surface area contributed by atoms with E-state index in [1.807, 2.05) is 18.2 Å². The lowest BCUT2D eigenvalue weighted by Gasteiger charge is -2.08. The van der Waals surface area contributed by atoms with E-state index in [4.69, 9.17) is 26.4 Å². The van der Waals surface area contributed by atoms with Gasteiger partial charge in [-0.05, 0) is 60.8 Å². The number of fused-ring (bicyclic) bond motifs is 2. The van der Waals surface area contributed by atoms with Gasteiger partial charge in [0.05, 0.1) is 16.1 Å². The third-order valence-corrected chi connectivity index (χ3v) is 7.28. The summed E-state index contributed by atoms with van der Waals surface area (Å²) >= 11 is 9.13. The standard InChI is InChI=1S/C24H16ClN5OS2/c1-14-4-9-19-17(11-14)18(12-20(26-19)21-3-2-10-32-21)23-29-30-22(27-28-24(30)33-23)13-31-16-7-5-15(25)6-8-16/h2-12H,13H2,1H3. The number of nitrogens with zero attached hydrogens (tertiary/aromatic N) is 5. The molecule has 0 unspecified atom stereocenters. The minimum Gasteiger partial charge on any atom is -0.486 e. The number of hydrogen-bond donors (Lipinski definition) is 0. The third-order valence-electron chi connectivity index (χ3n) is 5.21. The van der Waals surface area contributed by atoms with Crippen LogP contribution >= 0.6 is 34.3 Å². The molecule has 0 aliphatic rings. The van der Waals surface area contributed by atoms with E-state index in [1.165, 1.54) is 16.9 Å². The maximum absolute atomic E-state index is 5.95. The van der Waals surface area contributed by atoms with Gasteiger partial charge >= 0.3 is 0 Å². The van der Waals surface area contributed by atoms with Crippen molar-refractivity contribution < 1.29 is 4.74 Å². The lowest BCUT2D eigenvalue weighted by molar-refractivity contribution is 0.293. The molecule has 6 nitrogen and oxygen atoms in total. The van der Waals surface area contributed by atoms with Crippen molar-refractivity contribution in [2.75, 3.05) is 0 Å². The second-order valence-electron chi connectivity index (χ2n) is 7.51. The number of aromatic nitrogens is 5. The summed E-state index contributed by atoms with van der Waals surface area (Å²) in [6.45, 7) is 2.34. The summed E-state index contributed by atoms with van der Waals surface area (Å²) in [6.07, 6.45) is 0. The van der Waals surface area contributed by atoms with Gasteiger partial charge in [-0.3, -0.25) is 0 Å². The predicted molar refractivity (Wildman–Crippen MR) is 133 cm³/mol. The fourth-order valence-corrected chi connectivity index (χ4v) is 5.30. The van der Waals surface area contributed by atoms with Gasteiger partial charge in [0.1, 0.15) is 17.4 Å². The Morgan fingerprint density at radius 1 is 1.03 bits per heavy atom. The first-order chi connectivity index (χ1) is 16.1. The highest BCUT2D eigenvalue weighted by Gasteiger charge is 2.17. The van der Waals surface area contributed by atoms with Crippen molar-refractivity contribution in [1.82, 2.24) is 24.8 Å². The number of ether oxygens (including phenoxy) is 1. The highest BCUT2D eigenvalue weighted by molar-refractivity contribution is 7.20. The Kier molecular flexibility index (Phi) is 5.05. The molecule has 0 fully saturated rings. The smallest absolute Gasteiger partial charge is 0.235 e. The molecule has 4 heterocycles. The first kappa shape index (κ1) is 20.3. The summed E-state index contributed by atoms with van der Waals surface area (Å²) in [5.41, 5.74) is 4.09. The average Bonchev–Trinajstić information content (AvgIpc) is 3.56. The molecular formula is C24H16ClN5OS2. The van der Waals surface area contributed by atoms with Gasteiger partial charge in [0.15, 0.2) is 5.82 Å². The normalized spacial score (nSPS) is 11.5. The van der Waals surface area contributed by atoms with Crippen molar-refractivity contribution in [2.45, 2.75) is 13.5 Å². The van der Waals surface area contributed by atoms with Crippen LogP contribution in [0.4, 0.5) is 0 Å². The Morgan fingerprint density at radius 3 is 2.73 bits per heavy atom. The van der Waals surface area contributed by atoms with Crippen LogP contribution < -0.4 is 4.74 Å². The van der Waals surface area contributed by atoms with E-state index >= 15 is 0 Å². The quantitative estimate of drug-likeness (QED) is 0.270. The van der Waals surface area contributed by atoms with Crippen molar-refractivity contribution >= 4 is 50.1 Å². The summed E-state index contributed by atoms with van der Waals surface area (Å²) < 4.78 is 7.61. The lowest BCUT2D eigenvalue weighted by Crippen LogP contribution is -2.02. The Labute approximate surface area is 202 Å². The molecule has 0 radical (unpaired) electrons. The fourth-order valence-electron chi connectivity index (χ4n) is 3.60. The molecule has 4 aromatic heterocycles. The number of thiophene rings is 1. The first-order valence-corrected chi connectivity index (χ1v) is 12.3. The van der Waals surface area contributed by atoms with Crippen LogP contribution in [0, 0.1) is 6.92 Å². The van der Waals surface area contributed by atoms with Gasteiger partial charge in [0.25, 0.3) is 0 Å². The molecular weight excluding hydrogens is 474 g/mol. The molecule has 162 valence electrons. The van der Waals surface area contributed by atoms with Crippen molar-refractivity contribution in [3.63, 3.8) is 0 Å². The van der Waals surface area contributed by atoms with Crippen molar-refractivity contribution in [1.29, 1.82) is 0 Å². The van der Waals surface area contributed by atoms with E-state index in [-0.39, 0.29) is 6.61 Å². The molecule has 0 aliphatic heterocycles. The molecule has 0 aliphatic carbocycles. The average molecular weight is 490 g/mol. The zero-order valence-electron chi connectivity index (χ0n) is 17.4. The molecule has 0 spiro atoms. The Bertz CT molecular complexity index is 1590. The van der Waals surface area contributed by atoms with E-state index < -0.39 is 0 Å². The molecule has 2 aromatic carbocycles. The Morgan fingerprint density at radius 2 is 1.91 bits per heavy atom. The number of halogens is 1. The molecule has 33 heavy (non-hydrogen) atoms. The number of pyridine rings is 1. The highest BCUT2D eigenvalue weighted by atomic mass is 35.5. The van der Waals surface area contributed by atoms with Gasteiger partial charge in [-0.1, -0.05) is 40.6 Å². The second kappa shape index (κ2) is 8.22. The number of benzene rings is 2. The van der Waals surface area contributed by atoms with Crippen LogP contribution in [0.15, 0.2) is 66.0 Å². The van der Waals surface area contributed by atoms with E-state index in [0.717, 1.165) is 37.0 Å². The second-order valence-corrected chi connectivity index (χ2v) is 9.85. The number of rotatable bonds is 5. The summed E-state index contributed by atoms with van der Waals surface area (Å²) in [5, 5.41) is 18.1. The van der Waals surface area contributed by atoms with E-state index in [1.54, 1.807) is 28.0 Å². The molecule has 0 N–H and O–H groups in total. The molecule has 0 saturated heterocycles. The zero-order chi connectivity index (χ0) is 22.4. The molecule has 0 atom stereocenters. The first-order valence-electron chi connectivity index (χ1n) is 10.2. The zero-order valence-corrected chi connectivity index (χ0v) is 19.8. The topological polar surface area (TPSA) is 65.2 Å². The van der Waals surface area contributed by atoms with Gasteiger partial charge in [0, 0.05) is 16.0 Å². The lowest BCUT2D eigenvalue weighted by atomic mass is 10.1. The number of aryl methyl sites for hydroxylation is 1. The highest BCUT2D eigenvalue weighted by Crippen LogP contribution is 2.36. The van der Waals surface area contributed by atoms with Gasteiger partial charge in [-0.2, -0.15) is 9.61 Å². The maximum atomic E-state index is 5.95. The minimum absolute atomic E-state index is 0.253. The Hall–Kier alpha value is -3.33. The molecule has 9 heteroatoms. The van der Waals surface area contributed by atoms with Crippen LogP contribution in [-0.2, 0) is 6.61 Å². The summed E-state index contributed by atoms with van der Waals surface area (Å²) in [4.78, 5) is 6.74. The number of hydrogen-bond acceptors (Lipinski definition) is 7. The van der Waals surface area contributed by atoms with Gasteiger partial charge < -0.3 is 4.74 Å². The van der Waals surface area contributed by atoms with Crippen LogP contribution in [0.3, 0.4) is 0 Å². The van der Waals surface area contributed by atoms with Crippen LogP contribution in [0.2, 0.25) is 5.02 Å². The SMILES string of the molecule is Cc1ccc2nc(-c3cccs3)cc(-c3nn4c(COc5ccc(Cl)cc5)nnc4s3)c2c1. The van der Waals surface area contributed by atoms with Crippen LogP contribution in [0.25, 0.3) is 37.0 Å². The van der Waals surface area contributed by atoms with Crippen LogP contribution in [0.1, 0.15) is 11.4 Å². The fraction of sp³-hybridized carbons (Fsp3) is 0.0833. The summed E-state index contributed by atoms with van der Waals surface area (Å²) in [6, 6.07) is 19.8.